The van der Waals surface area contributed by atoms with Crippen molar-refractivity contribution in [2.75, 3.05) is 5.43 Å². The van der Waals surface area contributed by atoms with Crippen LogP contribution in [0.5, 0.6) is 0 Å². The highest BCUT2D eigenvalue weighted by atomic mass is 15.2. The molecular formula is C18H16N2. The van der Waals surface area contributed by atoms with Gasteiger partial charge in [0.05, 0.1) is 0 Å². The molecule has 0 spiro atoms. The smallest absolute Gasteiger partial charge is 0.0491 e. The molecule has 0 heterocycles. The van der Waals surface area contributed by atoms with E-state index in [-0.39, 0.29) is 0 Å². The van der Waals surface area contributed by atoms with Gasteiger partial charge in [0.1, 0.15) is 0 Å². The van der Waals surface area contributed by atoms with Crippen molar-refractivity contribution in [1.82, 2.24) is 0 Å². The summed E-state index contributed by atoms with van der Waals surface area (Å²) in [6.07, 6.45) is 0. The van der Waals surface area contributed by atoms with Gasteiger partial charge >= 0.3 is 0 Å². The van der Waals surface area contributed by atoms with E-state index < -0.39 is 0 Å². The van der Waals surface area contributed by atoms with E-state index in [1.165, 1.54) is 22.3 Å². The van der Waals surface area contributed by atoms with Gasteiger partial charge in [0.15, 0.2) is 0 Å². The van der Waals surface area contributed by atoms with E-state index in [4.69, 9.17) is 5.84 Å². The number of benzene rings is 3. The van der Waals surface area contributed by atoms with E-state index in [1.54, 1.807) is 0 Å². The third-order valence-electron chi connectivity index (χ3n) is 3.36. The summed E-state index contributed by atoms with van der Waals surface area (Å²) in [6.45, 7) is 0. The van der Waals surface area contributed by atoms with Crippen LogP contribution in [0, 0.1) is 0 Å². The topological polar surface area (TPSA) is 38.0 Å². The maximum atomic E-state index is 5.54. The second-order valence-corrected chi connectivity index (χ2v) is 4.64. The Bertz CT molecular complexity index is 691. The number of anilines is 1. The highest BCUT2D eigenvalue weighted by molar-refractivity contribution is 5.85. The number of rotatable bonds is 3. The van der Waals surface area contributed by atoms with Gasteiger partial charge in [0, 0.05) is 5.69 Å². The SMILES string of the molecule is NNc1ccc(-c2ccccc2)c(-c2ccccc2)c1. The van der Waals surface area contributed by atoms with Gasteiger partial charge in [-0.2, -0.15) is 0 Å². The summed E-state index contributed by atoms with van der Waals surface area (Å²) in [7, 11) is 0. The van der Waals surface area contributed by atoms with Crippen LogP contribution in [0.2, 0.25) is 0 Å². The van der Waals surface area contributed by atoms with Crippen molar-refractivity contribution >= 4 is 5.69 Å². The lowest BCUT2D eigenvalue weighted by molar-refractivity contribution is 1.35. The van der Waals surface area contributed by atoms with Crippen LogP contribution in [-0.4, -0.2) is 0 Å². The molecule has 98 valence electrons. The molecule has 3 N–H and O–H groups in total. The maximum Gasteiger partial charge on any atom is 0.0491 e. The molecule has 2 nitrogen and oxygen atoms in total. The first-order valence-corrected chi connectivity index (χ1v) is 6.60. The Hall–Kier alpha value is -2.58. The molecule has 0 fully saturated rings. The standard InChI is InChI=1S/C18H16N2/c19-20-16-11-12-17(14-7-3-1-4-8-14)18(13-16)15-9-5-2-6-10-15/h1-13,20H,19H2. The summed E-state index contributed by atoms with van der Waals surface area (Å²) in [6, 6.07) is 26.9. The molecule has 3 rings (SSSR count). The molecule has 0 aromatic heterocycles. The number of hydrogen-bond acceptors (Lipinski definition) is 2. The average Bonchev–Trinajstić information content (AvgIpc) is 2.56. The number of nitrogen functional groups attached to an aromatic ring is 1. The van der Waals surface area contributed by atoms with Crippen LogP contribution in [-0.2, 0) is 0 Å². The predicted octanol–water partition coefficient (Wildman–Crippen LogP) is 4.31. The molecule has 2 heteroatoms. The Morgan fingerprint density at radius 2 is 1.15 bits per heavy atom. The molecule has 0 aliphatic rings. The van der Waals surface area contributed by atoms with Gasteiger partial charge in [-0.1, -0.05) is 66.7 Å². The highest BCUT2D eigenvalue weighted by Crippen LogP contribution is 2.33. The quantitative estimate of drug-likeness (QED) is 0.544. The Morgan fingerprint density at radius 3 is 1.70 bits per heavy atom. The minimum absolute atomic E-state index is 0.906. The molecule has 0 saturated heterocycles. The molecule has 0 aliphatic carbocycles. The number of nitrogens with one attached hydrogen (secondary N) is 1. The first-order valence-electron chi connectivity index (χ1n) is 6.60. The van der Waals surface area contributed by atoms with E-state index in [9.17, 15) is 0 Å². The van der Waals surface area contributed by atoms with E-state index in [1.807, 2.05) is 30.3 Å². The fourth-order valence-electron chi connectivity index (χ4n) is 2.36. The van der Waals surface area contributed by atoms with Crippen molar-refractivity contribution < 1.29 is 0 Å². The van der Waals surface area contributed by atoms with Gasteiger partial charge in [-0.3, -0.25) is 5.84 Å². The molecular weight excluding hydrogens is 244 g/mol. The fraction of sp³-hybridized carbons (Fsp3) is 0. The van der Waals surface area contributed by atoms with Crippen LogP contribution < -0.4 is 11.3 Å². The van der Waals surface area contributed by atoms with Crippen molar-refractivity contribution in [1.29, 1.82) is 0 Å². The van der Waals surface area contributed by atoms with Gasteiger partial charge in [-0.15, -0.1) is 0 Å². The molecule has 0 bridgehead atoms. The minimum Gasteiger partial charge on any atom is -0.324 e. The maximum absolute atomic E-state index is 5.54. The van der Waals surface area contributed by atoms with Crippen LogP contribution in [0.15, 0.2) is 78.9 Å². The van der Waals surface area contributed by atoms with Gasteiger partial charge in [0.2, 0.25) is 0 Å². The molecule has 0 atom stereocenters. The minimum atomic E-state index is 0.906. The van der Waals surface area contributed by atoms with Gasteiger partial charge in [-0.25, -0.2) is 0 Å². The molecule has 0 radical (unpaired) electrons. The molecule has 3 aromatic carbocycles. The van der Waals surface area contributed by atoms with Crippen LogP contribution in [0.4, 0.5) is 5.69 Å². The van der Waals surface area contributed by atoms with E-state index >= 15 is 0 Å². The van der Waals surface area contributed by atoms with E-state index in [0.717, 1.165) is 5.69 Å². The van der Waals surface area contributed by atoms with Gasteiger partial charge in [0.25, 0.3) is 0 Å². The van der Waals surface area contributed by atoms with Gasteiger partial charge < -0.3 is 5.43 Å². The molecule has 0 saturated carbocycles. The third kappa shape index (κ3) is 2.42. The summed E-state index contributed by atoms with van der Waals surface area (Å²) < 4.78 is 0. The van der Waals surface area contributed by atoms with Crippen LogP contribution in [0.25, 0.3) is 22.3 Å². The van der Waals surface area contributed by atoms with Crippen LogP contribution in [0.3, 0.4) is 0 Å². The Kier molecular flexibility index (Phi) is 3.48. The van der Waals surface area contributed by atoms with Crippen LogP contribution >= 0.6 is 0 Å². The molecule has 20 heavy (non-hydrogen) atoms. The summed E-state index contributed by atoms with van der Waals surface area (Å²) >= 11 is 0. The molecule has 0 aliphatic heterocycles. The van der Waals surface area contributed by atoms with Crippen molar-refractivity contribution in [3.8, 4) is 22.3 Å². The second-order valence-electron chi connectivity index (χ2n) is 4.64. The summed E-state index contributed by atoms with van der Waals surface area (Å²) in [4.78, 5) is 0. The lowest BCUT2D eigenvalue weighted by atomic mass is 9.94. The number of hydrogen-bond donors (Lipinski definition) is 2. The number of hydrazine groups is 1. The number of nitrogens with two attached hydrogens (primary N) is 1. The zero-order valence-electron chi connectivity index (χ0n) is 11.1. The van der Waals surface area contributed by atoms with E-state index in [2.05, 4.69) is 54.0 Å². The lowest BCUT2D eigenvalue weighted by Gasteiger charge is -2.12. The Balaban J connectivity index is 2.20. The third-order valence-corrected chi connectivity index (χ3v) is 3.36. The molecule has 0 unspecified atom stereocenters. The fourth-order valence-corrected chi connectivity index (χ4v) is 2.36. The molecule has 0 amide bonds. The molecule has 3 aromatic rings. The normalized spacial score (nSPS) is 10.2. The highest BCUT2D eigenvalue weighted by Gasteiger charge is 2.07. The summed E-state index contributed by atoms with van der Waals surface area (Å²) in [5, 5.41) is 0. The first kappa shape index (κ1) is 12.5. The van der Waals surface area contributed by atoms with Crippen molar-refractivity contribution in [3.05, 3.63) is 78.9 Å². The van der Waals surface area contributed by atoms with Gasteiger partial charge in [-0.05, 0) is 34.4 Å². The Morgan fingerprint density at radius 1 is 0.600 bits per heavy atom. The zero-order valence-corrected chi connectivity index (χ0v) is 11.1. The second kappa shape index (κ2) is 5.59. The lowest BCUT2D eigenvalue weighted by Crippen LogP contribution is -2.06. The van der Waals surface area contributed by atoms with Crippen molar-refractivity contribution in [3.63, 3.8) is 0 Å². The zero-order chi connectivity index (χ0) is 13.8. The van der Waals surface area contributed by atoms with E-state index in [0.29, 0.717) is 0 Å². The summed E-state index contributed by atoms with van der Waals surface area (Å²) in [5.74, 6) is 5.54. The predicted molar refractivity (Wildman–Crippen MR) is 85.1 cm³/mol. The summed E-state index contributed by atoms with van der Waals surface area (Å²) in [5.41, 5.74) is 8.39. The largest absolute Gasteiger partial charge is 0.324 e. The monoisotopic (exact) mass is 260 g/mol. The van der Waals surface area contributed by atoms with Crippen molar-refractivity contribution in [2.45, 2.75) is 0 Å². The van der Waals surface area contributed by atoms with Crippen LogP contribution in [0.1, 0.15) is 0 Å². The first-order chi connectivity index (χ1) is 9.88. The Labute approximate surface area is 118 Å². The van der Waals surface area contributed by atoms with Crippen molar-refractivity contribution in [2.24, 2.45) is 5.84 Å². The average molecular weight is 260 g/mol.